The number of hydrogen-bond acceptors (Lipinski definition) is 3. The summed E-state index contributed by atoms with van der Waals surface area (Å²) < 4.78 is 0. The molecule has 2 fully saturated rings. The van der Waals surface area contributed by atoms with Crippen LogP contribution in [0, 0.1) is 0 Å². The smallest absolute Gasteiger partial charge is 0.318 e. The molecular formula is C16H18N4O. The van der Waals surface area contributed by atoms with Crippen LogP contribution >= 0.6 is 0 Å². The van der Waals surface area contributed by atoms with Crippen LogP contribution < -0.4 is 5.32 Å². The van der Waals surface area contributed by atoms with Gasteiger partial charge in [0.05, 0.1) is 11.6 Å². The summed E-state index contributed by atoms with van der Waals surface area (Å²) in [4.78, 5) is 20.7. The number of nitrogens with one attached hydrogen (secondary N) is 1. The second kappa shape index (κ2) is 5.00. The number of amides is 2. The van der Waals surface area contributed by atoms with Crippen LogP contribution in [0.3, 0.4) is 0 Å². The molecule has 0 spiro atoms. The van der Waals surface area contributed by atoms with E-state index in [0.29, 0.717) is 12.6 Å². The van der Waals surface area contributed by atoms with Crippen LogP contribution in [0.1, 0.15) is 5.56 Å². The minimum atomic E-state index is 0.174. The van der Waals surface area contributed by atoms with Crippen molar-refractivity contribution in [3.63, 3.8) is 0 Å². The molecule has 3 heterocycles. The summed E-state index contributed by atoms with van der Waals surface area (Å²) in [6.45, 7) is 4.12. The van der Waals surface area contributed by atoms with Gasteiger partial charge in [-0.25, -0.2) is 4.79 Å². The first-order valence-electron chi connectivity index (χ1n) is 7.41. The van der Waals surface area contributed by atoms with Crippen LogP contribution in [-0.2, 0) is 6.54 Å². The third kappa shape index (κ3) is 2.23. The molecule has 21 heavy (non-hydrogen) atoms. The summed E-state index contributed by atoms with van der Waals surface area (Å²) in [6, 6.07) is 10.7. The summed E-state index contributed by atoms with van der Waals surface area (Å²) >= 11 is 0. The Morgan fingerprint density at radius 1 is 1.33 bits per heavy atom. The fourth-order valence-corrected chi connectivity index (χ4v) is 3.27. The third-order valence-corrected chi connectivity index (χ3v) is 4.34. The molecule has 4 rings (SSSR count). The van der Waals surface area contributed by atoms with Gasteiger partial charge in [0.25, 0.3) is 0 Å². The molecule has 5 heteroatoms. The zero-order valence-corrected chi connectivity index (χ0v) is 11.8. The van der Waals surface area contributed by atoms with E-state index in [9.17, 15) is 4.79 Å². The summed E-state index contributed by atoms with van der Waals surface area (Å²) in [5.74, 6) is 0. The predicted molar refractivity (Wildman–Crippen MR) is 80.9 cm³/mol. The largest absolute Gasteiger partial charge is 0.320 e. The number of carbonyl (C=O) groups excluding carboxylic acids is 1. The fraction of sp³-hybridized carbons (Fsp3) is 0.375. The standard InChI is InChI=1S/C16H18N4O/c21-16-19(11-14-9-17-6-7-20(14)16)10-12-3-4-15-13(8-12)2-1-5-18-15/h1-5,8,14,17H,6-7,9-11H2. The van der Waals surface area contributed by atoms with Gasteiger partial charge in [-0.2, -0.15) is 0 Å². The van der Waals surface area contributed by atoms with Crippen molar-refractivity contribution < 1.29 is 4.79 Å². The second-order valence-corrected chi connectivity index (χ2v) is 5.74. The number of hydrogen-bond donors (Lipinski definition) is 1. The van der Waals surface area contributed by atoms with Crippen molar-refractivity contribution in [3.05, 3.63) is 42.1 Å². The summed E-state index contributed by atoms with van der Waals surface area (Å²) in [7, 11) is 0. The van der Waals surface area contributed by atoms with Gasteiger partial charge in [0.1, 0.15) is 0 Å². The maximum Gasteiger partial charge on any atom is 0.320 e. The van der Waals surface area contributed by atoms with E-state index in [1.165, 1.54) is 0 Å². The highest BCUT2D eigenvalue weighted by Gasteiger charge is 2.38. The topological polar surface area (TPSA) is 48.5 Å². The molecule has 1 unspecified atom stereocenters. The van der Waals surface area contributed by atoms with Crippen LogP contribution in [0.25, 0.3) is 10.9 Å². The molecule has 1 atom stereocenters. The van der Waals surface area contributed by atoms with E-state index < -0.39 is 0 Å². The van der Waals surface area contributed by atoms with Gasteiger partial charge in [0.2, 0.25) is 0 Å². The van der Waals surface area contributed by atoms with Crippen molar-refractivity contribution in [2.45, 2.75) is 12.6 Å². The number of carbonyl (C=O) groups is 1. The Kier molecular flexibility index (Phi) is 3.00. The van der Waals surface area contributed by atoms with E-state index in [1.54, 1.807) is 6.20 Å². The first-order valence-corrected chi connectivity index (χ1v) is 7.41. The fourth-order valence-electron chi connectivity index (χ4n) is 3.27. The molecule has 0 aliphatic carbocycles. The van der Waals surface area contributed by atoms with Crippen molar-refractivity contribution in [2.75, 3.05) is 26.2 Å². The summed E-state index contributed by atoms with van der Waals surface area (Å²) in [5, 5.41) is 4.48. The van der Waals surface area contributed by atoms with Gasteiger partial charge in [-0.1, -0.05) is 12.1 Å². The predicted octanol–water partition coefficient (Wildman–Crippen LogP) is 1.44. The van der Waals surface area contributed by atoms with Gasteiger partial charge in [0, 0.05) is 44.3 Å². The molecule has 2 amide bonds. The number of urea groups is 1. The first-order chi connectivity index (χ1) is 10.3. The summed E-state index contributed by atoms with van der Waals surface area (Å²) in [6.07, 6.45) is 1.80. The van der Waals surface area contributed by atoms with Crippen molar-refractivity contribution in [1.82, 2.24) is 20.1 Å². The molecule has 2 aliphatic heterocycles. The number of aromatic nitrogens is 1. The minimum Gasteiger partial charge on any atom is -0.318 e. The number of piperazine rings is 1. The van der Waals surface area contributed by atoms with Gasteiger partial charge in [0.15, 0.2) is 0 Å². The van der Waals surface area contributed by atoms with Gasteiger partial charge >= 0.3 is 6.03 Å². The monoisotopic (exact) mass is 282 g/mol. The van der Waals surface area contributed by atoms with Crippen molar-refractivity contribution in [2.24, 2.45) is 0 Å². The molecule has 1 N–H and O–H groups in total. The van der Waals surface area contributed by atoms with Crippen LogP contribution in [0.5, 0.6) is 0 Å². The lowest BCUT2D eigenvalue weighted by Gasteiger charge is -2.28. The molecule has 2 aliphatic rings. The third-order valence-electron chi connectivity index (χ3n) is 4.34. The SMILES string of the molecule is O=C1N(Cc2ccc3ncccc3c2)CC2CNCCN12. The normalized spacial score (nSPS) is 21.9. The Labute approximate surface area is 123 Å². The molecule has 0 bridgehead atoms. The number of benzene rings is 1. The highest BCUT2D eigenvalue weighted by Crippen LogP contribution is 2.21. The lowest BCUT2D eigenvalue weighted by molar-refractivity contribution is 0.178. The highest BCUT2D eigenvalue weighted by molar-refractivity contribution is 5.80. The molecule has 108 valence electrons. The van der Waals surface area contributed by atoms with Gasteiger partial charge in [-0.05, 0) is 23.8 Å². The molecular weight excluding hydrogens is 264 g/mol. The zero-order valence-electron chi connectivity index (χ0n) is 11.8. The zero-order chi connectivity index (χ0) is 14.2. The Bertz CT molecular complexity index is 687. The number of fused-ring (bicyclic) bond motifs is 2. The molecule has 1 aromatic heterocycles. The molecule has 2 saturated heterocycles. The molecule has 0 saturated carbocycles. The number of rotatable bonds is 2. The quantitative estimate of drug-likeness (QED) is 0.907. The average molecular weight is 282 g/mol. The van der Waals surface area contributed by atoms with Crippen molar-refractivity contribution in [1.29, 1.82) is 0 Å². The minimum absolute atomic E-state index is 0.174. The van der Waals surface area contributed by atoms with Crippen LogP contribution in [-0.4, -0.2) is 53.0 Å². The van der Waals surface area contributed by atoms with E-state index in [1.807, 2.05) is 21.9 Å². The molecule has 2 aromatic rings. The van der Waals surface area contributed by atoms with E-state index in [-0.39, 0.29) is 6.03 Å². The molecule has 1 aromatic carbocycles. The van der Waals surface area contributed by atoms with Gasteiger partial charge in [-0.3, -0.25) is 4.98 Å². The second-order valence-electron chi connectivity index (χ2n) is 5.74. The van der Waals surface area contributed by atoms with Gasteiger partial charge in [-0.15, -0.1) is 0 Å². The van der Waals surface area contributed by atoms with Crippen molar-refractivity contribution in [3.8, 4) is 0 Å². The maximum absolute atomic E-state index is 12.4. The Hall–Kier alpha value is -2.14. The average Bonchev–Trinajstić information content (AvgIpc) is 2.84. The van der Waals surface area contributed by atoms with E-state index in [2.05, 4.69) is 28.5 Å². The number of pyridine rings is 1. The van der Waals surface area contributed by atoms with Crippen LogP contribution in [0.15, 0.2) is 36.5 Å². The van der Waals surface area contributed by atoms with Gasteiger partial charge < -0.3 is 15.1 Å². The highest BCUT2D eigenvalue weighted by atomic mass is 16.2. The lowest BCUT2D eigenvalue weighted by Crippen LogP contribution is -2.49. The van der Waals surface area contributed by atoms with Crippen LogP contribution in [0.4, 0.5) is 4.79 Å². The lowest BCUT2D eigenvalue weighted by atomic mass is 10.1. The van der Waals surface area contributed by atoms with E-state index in [4.69, 9.17) is 0 Å². The number of nitrogens with zero attached hydrogens (tertiary/aromatic N) is 3. The molecule has 0 radical (unpaired) electrons. The van der Waals surface area contributed by atoms with Crippen molar-refractivity contribution >= 4 is 16.9 Å². The Morgan fingerprint density at radius 3 is 3.19 bits per heavy atom. The van der Waals surface area contributed by atoms with Crippen LogP contribution in [0.2, 0.25) is 0 Å². The maximum atomic E-state index is 12.4. The van der Waals surface area contributed by atoms with E-state index >= 15 is 0 Å². The Morgan fingerprint density at radius 2 is 2.29 bits per heavy atom. The summed E-state index contributed by atoms with van der Waals surface area (Å²) in [5.41, 5.74) is 2.16. The molecule has 5 nitrogen and oxygen atoms in total. The first kappa shape index (κ1) is 12.6. The van der Waals surface area contributed by atoms with E-state index in [0.717, 1.165) is 42.6 Å². The Balaban J connectivity index is 1.55.